The second-order valence-electron chi connectivity index (χ2n) is 7.24. The molecule has 0 saturated carbocycles. The van der Waals surface area contributed by atoms with Crippen molar-refractivity contribution in [1.82, 2.24) is 0 Å². The van der Waals surface area contributed by atoms with Crippen molar-refractivity contribution in [3.05, 3.63) is 53.6 Å². The Hall–Kier alpha value is -3.24. The van der Waals surface area contributed by atoms with Crippen molar-refractivity contribution in [2.45, 2.75) is 38.0 Å². The van der Waals surface area contributed by atoms with Crippen molar-refractivity contribution < 1.29 is 19.1 Å². The molecule has 31 heavy (non-hydrogen) atoms. The number of ether oxygens (including phenoxy) is 1. The van der Waals surface area contributed by atoms with E-state index in [9.17, 15) is 14.4 Å². The van der Waals surface area contributed by atoms with Gasteiger partial charge in [-0.05, 0) is 53.3 Å². The molecule has 0 spiro atoms. The lowest BCUT2D eigenvalue weighted by Gasteiger charge is -2.24. The summed E-state index contributed by atoms with van der Waals surface area (Å²) in [6.07, 6.45) is 6.93. The van der Waals surface area contributed by atoms with Crippen LogP contribution in [0.4, 0.5) is 5.69 Å². The van der Waals surface area contributed by atoms with Gasteiger partial charge in [-0.2, -0.15) is 0 Å². The van der Waals surface area contributed by atoms with Gasteiger partial charge in [0.1, 0.15) is 0 Å². The van der Waals surface area contributed by atoms with E-state index in [0.717, 1.165) is 28.8 Å². The van der Waals surface area contributed by atoms with Gasteiger partial charge in [-0.25, -0.2) is 0 Å². The van der Waals surface area contributed by atoms with Gasteiger partial charge in [0.25, 0.3) is 5.91 Å². The van der Waals surface area contributed by atoms with Crippen LogP contribution in [0.25, 0.3) is 11.1 Å². The normalized spacial score (nSPS) is 16.6. The zero-order valence-corrected chi connectivity index (χ0v) is 18.3. The SMILES string of the molecule is C#CCC(CC)c1cc(-c2cccc(C(N)=O)c2)ccc1N1CSC(OC(C)=O)C1=O. The molecule has 2 aromatic rings. The van der Waals surface area contributed by atoms with E-state index in [1.807, 2.05) is 31.2 Å². The summed E-state index contributed by atoms with van der Waals surface area (Å²) in [6, 6.07) is 12.9. The number of rotatable bonds is 7. The first-order valence-corrected chi connectivity index (χ1v) is 11.0. The average molecular weight is 437 g/mol. The largest absolute Gasteiger partial charge is 0.441 e. The summed E-state index contributed by atoms with van der Waals surface area (Å²) in [5.74, 6) is 1.91. The number of thioether (sulfide) groups is 1. The maximum absolute atomic E-state index is 12.9. The lowest BCUT2D eigenvalue weighted by atomic mass is 9.89. The van der Waals surface area contributed by atoms with Crippen molar-refractivity contribution in [1.29, 1.82) is 0 Å². The number of primary amides is 1. The lowest BCUT2D eigenvalue weighted by Crippen LogP contribution is -2.32. The summed E-state index contributed by atoms with van der Waals surface area (Å²) in [6.45, 7) is 3.34. The Morgan fingerprint density at radius 3 is 2.68 bits per heavy atom. The second-order valence-corrected chi connectivity index (χ2v) is 8.26. The van der Waals surface area contributed by atoms with Crippen LogP contribution in [0.2, 0.25) is 0 Å². The van der Waals surface area contributed by atoms with E-state index in [0.29, 0.717) is 17.9 Å². The maximum atomic E-state index is 12.9. The number of carbonyl (C=O) groups is 3. The molecule has 2 unspecified atom stereocenters. The number of terminal acetylenes is 1. The minimum Gasteiger partial charge on any atom is -0.441 e. The molecule has 1 aliphatic rings. The molecule has 1 aliphatic heterocycles. The minimum absolute atomic E-state index is 0.0462. The number of hydrogen-bond donors (Lipinski definition) is 1. The molecule has 2 atom stereocenters. The van der Waals surface area contributed by atoms with Gasteiger partial charge >= 0.3 is 5.97 Å². The molecule has 3 rings (SSSR count). The monoisotopic (exact) mass is 436 g/mol. The van der Waals surface area contributed by atoms with Crippen molar-refractivity contribution in [2.24, 2.45) is 5.73 Å². The number of nitrogens with zero attached hydrogens (tertiary/aromatic N) is 1. The van der Waals surface area contributed by atoms with Gasteiger partial charge in [0.05, 0.1) is 5.88 Å². The first kappa shape index (κ1) is 22.4. The van der Waals surface area contributed by atoms with E-state index < -0.39 is 17.3 Å². The van der Waals surface area contributed by atoms with Gasteiger partial charge in [-0.3, -0.25) is 19.3 Å². The van der Waals surface area contributed by atoms with Crippen molar-refractivity contribution in [2.75, 3.05) is 10.8 Å². The Kier molecular flexibility index (Phi) is 7.03. The molecule has 0 aliphatic carbocycles. The fraction of sp³-hybridized carbons (Fsp3) is 0.292. The minimum atomic E-state index is -0.843. The van der Waals surface area contributed by atoms with E-state index >= 15 is 0 Å². The van der Waals surface area contributed by atoms with Crippen LogP contribution in [0.3, 0.4) is 0 Å². The molecular weight excluding hydrogens is 412 g/mol. The van der Waals surface area contributed by atoms with Gasteiger partial charge in [0.15, 0.2) is 0 Å². The van der Waals surface area contributed by atoms with E-state index in [1.165, 1.54) is 18.7 Å². The highest BCUT2D eigenvalue weighted by Gasteiger charge is 2.37. The predicted octanol–water partition coefficient (Wildman–Crippen LogP) is 3.90. The Morgan fingerprint density at radius 1 is 1.29 bits per heavy atom. The molecular formula is C24H24N2O4S. The first-order chi connectivity index (χ1) is 14.8. The Bertz CT molecular complexity index is 1060. The van der Waals surface area contributed by atoms with Crippen molar-refractivity contribution in [3.63, 3.8) is 0 Å². The van der Waals surface area contributed by atoms with Gasteiger partial charge in [-0.1, -0.05) is 36.9 Å². The van der Waals surface area contributed by atoms with E-state index in [1.54, 1.807) is 23.1 Å². The number of nitrogens with two attached hydrogens (primary N) is 1. The molecule has 1 heterocycles. The number of hydrogen-bond acceptors (Lipinski definition) is 5. The quantitative estimate of drug-likeness (QED) is 0.525. The standard InChI is InChI=1S/C24H24N2O4S/c1-4-7-16(5-2)20-13-18(17-8-6-9-19(12-17)22(25)28)10-11-21(20)26-14-31-24(23(26)29)30-15(3)27/h1,6,8-13,16,24H,5,7,14H2,2-3H3,(H2,25,28). The summed E-state index contributed by atoms with van der Waals surface area (Å²) < 4.78 is 5.13. The van der Waals surface area contributed by atoms with Crippen LogP contribution in [-0.4, -0.2) is 29.1 Å². The van der Waals surface area contributed by atoms with Gasteiger partial charge in [0, 0.05) is 24.6 Å². The zero-order valence-electron chi connectivity index (χ0n) is 17.5. The molecule has 0 radical (unpaired) electrons. The van der Waals surface area contributed by atoms with Crippen molar-refractivity contribution in [3.8, 4) is 23.5 Å². The number of carbonyl (C=O) groups excluding carboxylic acids is 3. The molecule has 0 aromatic heterocycles. The van der Waals surface area contributed by atoms with E-state index in [-0.39, 0.29) is 11.8 Å². The summed E-state index contributed by atoms with van der Waals surface area (Å²) in [7, 11) is 0. The highest BCUT2D eigenvalue weighted by molar-refractivity contribution is 8.01. The van der Waals surface area contributed by atoms with Crippen LogP contribution in [0.5, 0.6) is 0 Å². The van der Waals surface area contributed by atoms with E-state index in [2.05, 4.69) is 5.92 Å². The number of anilines is 1. The van der Waals surface area contributed by atoms with Gasteiger partial charge < -0.3 is 10.5 Å². The average Bonchev–Trinajstić information content (AvgIpc) is 3.11. The third-order valence-corrected chi connectivity index (χ3v) is 6.20. The summed E-state index contributed by atoms with van der Waals surface area (Å²) in [4.78, 5) is 37.4. The fourth-order valence-electron chi connectivity index (χ4n) is 3.60. The fourth-order valence-corrected chi connectivity index (χ4v) is 4.63. The Labute approximate surface area is 186 Å². The number of benzene rings is 2. The second kappa shape index (κ2) is 9.71. The molecule has 7 heteroatoms. The highest BCUT2D eigenvalue weighted by atomic mass is 32.2. The van der Waals surface area contributed by atoms with Crippen LogP contribution in [0.1, 0.15) is 48.5 Å². The van der Waals surface area contributed by atoms with Crippen LogP contribution < -0.4 is 10.6 Å². The third kappa shape index (κ3) is 4.92. The smallest absolute Gasteiger partial charge is 0.304 e. The molecule has 2 aromatic carbocycles. The zero-order chi connectivity index (χ0) is 22.5. The summed E-state index contributed by atoms with van der Waals surface area (Å²) in [5.41, 5.74) is 8.45. The topological polar surface area (TPSA) is 89.7 Å². The van der Waals surface area contributed by atoms with Crippen LogP contribution >= 0.6 is 11.8 Å². The van der Waals surface area contributed by atoms with Crippen LogP contribution in [0, 0.1) is 12.3 Å². The molecule has 160 valence electrons. The Morgan fingerprint density at radius 2 is 2.03 bits per heavy atom. The highest BCUT2D eigenvalue weighted by Crippen LogP contribution is 2.39. The Balaban J connectivity index is 2.05. The molecule has 1 saturated heterocycles. The molecule has 0 bridgehead atoms. The van der Waals surface area contributed by atoms with Crippen LogP contribution in [-0.2, 0) is 14.3 Å². The maximum Gasteiger partial charge on any atom is 0.304 e. The first-order valence-electron chi connectivity index (χ1n) is 9.93. The number of amides is 2. The van der Waals surface area contributed by atoms with Crippen LogP contribution in [0.15, 0.2) is 42.5 Å². The summed E-state index contributed by atoms with van der Waals surface area (Å²) in [5, 5.41) is 0. The summed E-state index contributed by atoms with van der Waals surface area (Å²) >= 11 is 1.27. The van der Waals surface area contributed by atoms with Crippen molar-refractivity contribution >= 4 is 35.2 Å². The molecule has 2 amide bonds. The van der Waals surface area contributed by atoms with E-state index in [4.69, 9.17) is 16.9 Å². The third-order valence-electron chi connectivity index (χ3n) is 5.19. The predicted molar refractivity (Wildman–Crippen MR) is 122 cm³/mol. The number of esters is 1. The molecule has 1 fully saturated rings. The molecule has 6 nitrogen and oxygen atoms in total. The van der Waals surface area contributed by atoms with Gasteiger partial charge in [-0.15, -0.1) is 12.3 Å². The molecule has 2 N–H and O–H groups in total. The lowest BCUT2D eigenvalue weighted by molar-refractivity contribution is -0.147. The van der Waals surface area contributed by atoms with Gasteiger partial charge in [0.2, 0.25) is 11.3 Å².